The fourth-order valence-electron chi connectivity index (χ4n) is 1.96. The minimum Gasteiger partial charge on any atom is -0.434 e. The number of aryl methyl sites for hydroxylation is 1. The highest BCUT2D eigenvalue weighted by Gasteiger charge is 2.12. The van der Waals surface area contributed by atoms with Crippen molar-refractivity contribution in [2.75, 3.05) is 5.73 Å². The van der Waals surface area contributed by atoms with Crippen molar-refractivity contribution >= 4 is 40.0 Å². The Kier molecular flexibility index (Phi) is 2.88. The van der Waals surface area contributed by atoms with Crippen LogP contribution in [0.5, 0.6) is 0 Å². The Morgan fingerprint density at radius 2 is 1.89 bits per heavy atom. The Morgan fingerprint density at radius 1 is 1.11 bits per heavy atom. The summed E-state index contributed by atoms with van der Waals surface area (Å²) < 4.78 is 5.70. The number of oxazole rings is 1. The molecule has 0 aliphatic heterocycles. The van der Waals surface area contributed by atoms with Gasteiger partial charge >= 0.3 is 0 Å². The third kappa shape index (κ3) is 2.15. The Labute approximate surface area is 119 Å². The molecule has 0 unspecified atom stereocenters. The van der Waals surface area contributed by atoms with E-state index in [1.165, 1.54) is 0 Å². The van der Waals surface area contributed by atoms with Gasteiger partial charge in [0.05, 0.1) is 15.7 Å². The molecular formula is C14H10Cl2N2O. The van der Waals surface area contributed by atoms with Gasteiger partial charge in [-0.2, -0.15) is 0 Å². The van der Waals surface area contributed by atoms with Crippen LogP contribution in [0.25, 0.3) is 22.6 Å². The van der Waals surface area contributed by atoms with E-state index in [9.17, 15) is 0 Å². The average molecular weight is 293 g/mol. The first-order chi connectivity index (χ1) is 9.04. The molecule has 0 bridgehead atoms. The van der Waals surface area contributed by atoms with Gasteiger partial charge in [0, 0.05) is 5.56 Å². The number of rotatable bonds is 1. The molecular weight excluding hydrogens is 283 g/mol. The summed E-state index contributed by atoms with van der Waals surface area (Å²) in [4.78, 5) is 4.43. The zero-order valence-corrected chi connectivity index (χ0v) is 11.6. The molecule has 1 aromatic heterocycles. The topological polar surface area (TPSA) is 52.0 Å². The minimum atomic E-state index is 0.463. The second-order valence-electron chi connectivity index (χ2n) is 4.35. The van der Waals surface area contributed by atoms with Crippen molar-refractivity contribution in [3.63, 3.8) is 0 Å². The molecule has 3 nitrogen and oxygen atoms in total. The van der Waals surface area contributed by atoms with Crippen LogP contribution in [0, 0.1) is 6.92 Å². The monoisotopic (exact) mass is 292 g/mol. The van der Waals surface area contributed by atoms with Crippen molar-refractivity contribution in [1.82, 2.24) is 4.98 Å². The first-order valence-corrected chi connectivity index (χ1v) is 6.42. The second kappa shape index (κ2) is 4.44. The molecule has 0 radical (unpaired) electrons. The van der Waals surface area contributed by atoms with Gasteiger partial charge in [-0.3, -0.25) is 0 Å². The number of nitrogen functional groups attached to an aromatic ring is 1. The maximum Gasteiger partial charge on any atom is 0.227 e. The lowest BCUT2D eigenvalue weighted by atomic mass is 10.2. The highest BCUT2D eigenvalue weighted by atomic mass is 35.5. The van der Waals surface area contributed by atoms with Crippen LogP contribution >= 0.6 is 23.2 Å². The number of fused-ring (bicyclic) bond motifs is 1. The van der Waals surface area contributed by atoms with Crippen LogP contribution in [-0.2, 0) is 0 Å². The van der Waals surface area contributed by atoms with Gasteiger partial charge in [-0.25, -0.2) is 4.98 Å². The molecule has 2 aromatic carbocycles. The molecule has 19 heavy (non-hydrogen) atoms. The number of nitrogens with two attached hydrogens (primary N) is 1. The first-order valence-electron chi connectivity index (χ1n) is 5.66. The van der Waals surface area contributed by atoms with E-state index in [1.54, 1.807) is 12.1 Å². The molecule has 3 rings (SSSR count). The molecule has 0 saturated heterocycles. The number of aromatic nitrogens is 1. The van der Waals surface area contributed by atoms with Gasteiger partial charge < -0.3 is 10.2 Å². The van der Waals surface area contributed by atoms with Crippen LogP contribution in [0.1, 0.15) is 5.56 Å². The largest absolute Gasteiger partial charge is 0.434 e. The average Bonchev–Trinajstić information content (AvgIpc) is 2.76. The van der Waals surface area contributed by atoms with Gasteiger partial charge in [0.15, 0.2) is 5.58 Å². The summed E-state index contributed by atoms with van der Waals surface area (Å²) in [5.41, 5.74) is 9.63. The van der Waals surface area contributed by atoms with Gasteiger partial charge in [0.25, 0.3) is 0 Å². The van der Waals surface area contributed by atoms with Gasteiger partial charge in [-0.15, -0.1) is 0 Å². The summed E-state index contributed by atoms with van der Waals surface area (Å²) in [6, 6.07) is 9.02. The molecule has 0 spiro atoms. The van der Waals surface area contributed by atoms with Crippen LogP contribution in [0.4, 0.5) is 5.69 Å². The molecule has 0 aliphatic rings. The Hall–Kier alpha value is -1.71. The number of hydrogen-bond donors (Lipinski definition) is 1. The van der Waals surface area contributed by atoms with E-state index in [1.807, 2.05) is 25.1 Å². The van der Waals surface area contributed by atoms with E-state index < -0.39 is 0 Å². The highest BCUT2D eigenvalue weighted by Crippen LogP contribution is 2.32. The third-order valence-electron chi connectivity index (χ3n) is 2.83. The van der Waals surface area contributed by atoms with Crippen molar-refractivity contribution in [2.24, 2.45) is 0 Å². The van der Waals surface area contributed by atoms with E-state index in [0.29, 0.717) is 27.2 Å². The molecule has 96 valence electrons. The van der Waals surface area contributed by atoms with Crippen molar-refractivity contribution in [2.45, 2.75) is 6.92 Å². The van der Waals surface area contributed by atoms with E-state index in [4.69, 9.17) is 33.4 Å². The van der Waals surface area contributed by atoms with Crippen LogP contribution in [0.15, 0.2) is 34.7 Å². The van der Waals surface area contributed by atoms with Gasteiger partial charge in [0.1, 0.15) is 5.52 Å². The standard InChI is InChI=1S/C14H10Cl2N2O/c1-7-4-11(17)13-12(5-7)18-14(19-13)8-2-3-9(15)10(16)6-8/h2-6H,17H2,1H3. The van der Waals surface area contributed by atoms with Crippen molar-refractivity contribution < 1.29 is 4.42 Å². The highest BCUT2D eigenvalue weighted by molar-refractivity contribution is 6.42. The van der Waals surface area contributed by atoms with Gasteiger partial charge in [0.2, 0.25) is 5.89 Å². The number of nitrogens with zero attached hydrogens (tertiary/aromatic N) is 1. The van der Waals surface area contributed by atoms with Crippen molar-refractivity contribution in [3.05, 3.63) is 45.9 Å². The normalized spacial score (nSPS) is 11.1. The molecule has 0 fully saturated rings. The predicted octanol–water partition coefficient (Wildman–Crippen LogP) is 4.69. The van der Waals surface area contributed by atoms with Crippen LogP contribution < -0.4 is 5.73 Å². The molecule has 0 atom stereocenters. The molecule has 3 aromatic rings. The lowest BCUT2D eigenvalue weighted by Crippen LogP contribution is -1.86. The SMILES string of the molecule is Cc1cc(N)c2oc(-c3ccc(Cl)c(Cl)c3)nc2c1. The fraction of sp³-hybridized carbons (Fsp3) is 0.0714. The Morgan fingerprint density at radius 3 is 2.63 bits per heavy atom. The molecule has 0 saturated carbocycles. The summed E-state index contributed by atoms with van der Waals surface area (Å²) in [5, 5.41) is 0.961. The molecule has 5 heteroatoms. The van der Waals surface area contributed by atoms with Gasteiger partial charge in [-0.05, 0) is 42.8 Å². The summed E-state index contributed by atoms with van der Waals surface area (Å²) in [6.45, 7) is 1.96. The first kappa shape index (κ1) is 12.3. The quantitative estimate of drug-likeness (QED) is 0.662. The van der Waals surface area contributed by atoms with Crippen LogP contribution in [0.3, 0.4) is 0 Å². The molecule has 0 aliphatic carbocycles. The van der Waals surface area contributed by atoms with Gasteiger partial charge in [-0.1, -0.05) is 23.2 Å². The predicted molar refractivity (Wildman–Crippen MR) is 78.6 cm³/mol. The summed E-state index contributed by atoms with van der Waals surface area (Å²) >= 11 is 11.9. The van der Waals surface area contributed by atoms with E-state index in [0.717, 1.165) is 16.6 Å². The smallest absolute Gasteiger partial charge is 0.227 e. The summed E-state index contributed by atoms with van der Waals surface area (Å²) in [5.74, 6) is 0.478. The van der Waals surface area contributed by atoms with Crippen molar-refractivity contribution in [1.29, 1.82) is 0 Å². The Balaban J connectivity index is 2.20. The molecule has 0 amide bonds. The van der Waals surface area contributed by atoms with Crippen LogP contribution in [0.2, 0.25) is 10.0 Å². The maximum absolute atomic E-state index is 5.99. The zero-order valence-electron chi connectivity index (χ0n) is 10.1. The fourth-order valence-corrected chi connectivity index (χ4v) is 2.26. The Bertz CT molecular complexity index is 780. The maximum atomic E-state index is 5.99. The number of halogens is 2. The van der Waals surface area contributed by atoms with E-state index >= 15 is 0 Å². The zero-order chi connectivity index (χ0) is 13.6. The lowest BCUT2D eigenvalue weighted by Gasteiger charge is -1.98. The number of hydrogen-bond acceptors (Lipinski definition) is 3. The van der Waals surface area contributed by atoms with E-state index in [-0.39, 0.29) is 0 Å². The lowest BCUT2D eigenvalue weighted by molar-refractivity contribution is 0.621. The minimum absolute atomic E-state index is 0.463. The van der Waals surface area contributed by atoms with E-state index in [2.05, 4.69) is 4.98 Å². The third-order valence-corrected chi connectivity index (χ3v) is 3.57. The van der Waals surface area contributed by atoms with Crippen LogP contribution in [-0.4, -0.2) is 4.98 Å². The van der Waals surface area contributed by atoms with Crippen molar-refractivity contribution in [3.8, 4) is 11.5 Å². The molecule has 2 N–H and O–H groups in total. The molecule has 1 heterocycles. The number of benzene rings is 2. The summed E-state index contributed by atoms with van der Waals surface area (Å²) in [6.07, 6.45) is 0. The second-order valence-corrected chi connectivity index (χ2v) is 5.16. The summed E-state index contributed by atoms with van der Waals surface area (Å²) in [7, 11) is 0. The number of anilines is 1.